The van der Waals surface area contributed by atoms with E-state index in [0.717, 1.165) is 5.82 Å². The minimum Gasteiger partial charge on any atom is -0.354 e. The number of aromatic nitrogens is 1. The van der Waals surface area contributed by atoms with Crippen LogP contribution in [0.1, 0.15) is 0 Å². The third-order valence-electron chi connectivity index (χ3n) is 5.50. The van der Waals surface area contributed by atoms with Crippen LogP contribution in [0.2, 0.25) is 0 Å². The van der Waals surface area contributed by atoms with E-state index in [4.69, 9.17) is 0 Å². The minimum atomic E-state index is -3.72. The molecule has 2 aromatic rings. The van der Waals surface area contributed by atoms with Crippen molar-refractivity contribution in [3.63, 3.8) is 0 Å². The lowest BCUT2D eigenvalue weighted by Gasteiger charge is -2.39. The van der Waals surface area contributed by atoms with Gasteiger partial charge in [0.2, 0.25) is 0 Å². The fraction of sp³-hybridized carbons (Fsp3) is 0.421. The maximum absolute atomic E-state index is 13.1. The van der Waals surface area contributed by atoms with Crippen LogP contribution < -0.4 is 4.90 Å². The summed E-state index contributed by atoms with van der Waals surface area (Å²) in [5.74, 6) is 0.470. The molecule has 1 aromatic carbocycles. The third-order valence-corrected chi connectivity index (χ3v) is 9.63. The molecule has 0 spiro atoms. The number of piperazine rings is 1. The number of hydrogen-bond donors (Lipinski definition) is 0. The second-order valence-corrected chi connectivity index (χ2v) is 11.6. The number of pyridine rings is 1. The maximum atomic E-state index is 13.1. The monoisotopic (exact) mass is 421 g/mol. The van der Waals surface area contributed by atoms with Gasteiger partial charge >= 0.3 is 0 Å². The second-order valence-electron chi connectivity index (χ2n) is 7.25. The lowest BCUT2D eigenvalue weighted by atomic mass is 10.2. The number of sulfone groups is 2. The van der Waals surface area contributed by atoms with Crippen molar-refractivity contribution in [1.29, 1.82) is 0 Å². The average Bonchev–Trinajstić information content (AvgIpc) is 3.06. The summed E-state index contributed by atoms with van der Waals surface area (Å²) in [7, 11) is -7.12. The van der Waals surface area contributed by atoms with Crippen molar-refractivity contribution in [2.75, 3.05) is 42.6 Å². The van der Waals surface area contributed by atoms with Crippen LogP contribution in [0.15, 0.2) is 59.6 Å². The Balaban J connectivity index is 1.55. The Morgan fingerprint density at radius 1 is 0.893 bits per heavy atom. The maximum Gasteiger partial charge on any atom is 0.183 e. The molecule has 0 bridgehead atoms. The molecule has 0 unspecified atom stereocenters. The minimum absolute atomic E-state index is 0.104. The van der Waals surface area contributed by atoms with E-state index in [1.54, 1.807) is 24.4 Å². The van der Waals surface area contributed by atoms with Crippen molar-refractivity contribution < 1.29 is 16.8 Å². The van der Waals surface area contributed by atoms with Crippen LogP contribution in [0.4, 0.5) is 5.82 Å². The summed E-state index contributed by atoms with van der Waals surface area (Å²) >= 11 is 0. The fourth-order valence-corrected chi connectivity index (χ4v) is 8.89. The first kappa shape index (κ1) is 19.4. The van der Waals surface area contributed by atoms with Crippen LogP contribution in [0.3, 0.4) is 0 Å². The van der Waals surface area contributed by atoms with Gasteiger partial charge in [0.05, 0.1) is 21.7 Å². The van der Waals surface area contributed by atoms with Gasteiger partial charge in [0.1, 0.15) is 5.82 Å². The zero-order valence-electron chi connectivity index (χ0n) is 15.4. The molecule has 2 aliphatic heterocycles. The summed E-state index contributed by atoms with van der Waals surface area (Å²) in [6, 6.07) is 13.4. The quantitative estimate of drug-likeness (QED) is 0.723. The highest BCUT2D eigenvalue weighted by Crippen LogP contribution is 2.30. The lowest BCUT2D eigenvalue weighted by molar-refractivity contribution is 0.201. The van der Waals surface area contributed by atoms with Crippen molar-refractivity contribution in [3.8, 4) is 0 Å². The van der Waals surface area contributed by atoms with Gasteiger partial charge in [-0.25, -0.2) is 21.8 Å². The van der Waals surface area contributed by atoms with Gasteiger partial charge in [-0.1, -0.05) is 24.3 Å². The summed E-state index contributed by atoms with van der Waals surface area (Å²) in [6.45, 7) is 2.59. The molecule has 0 amide bonds. The van der Waals surface area contributed by atoms with Crippen molar-refractivity contribution in [2.24, 2.45) is 0 Å². The molecule has 4 rings (SSSR count). The third kappa shape index (κ3) is 3.78. The first-order valence-corrected chi connectivity index (χ1v) is 12.6. The molecule has 150 valence electrons. The number of benzene rings is 1. The molecule has 7 nitrogen and oxygen atoms in total. The van der Waals surface area contributed by atoms with Crippen molar-refractivity contribution in [1.82, 2.24) is 9.88 Å². The van der Waals surface area contributed by atoms with Crippen molar-refractivity contribution in [3.05, 3.63) is 54.7 Å². The summed E-state index contributed by atoms with van der Waals surface area (Å²) < 4.78 is 51.0. The first-order valence-electron chi connectivity index (χ1n) is 9.26. The topological polar surface area (TPSA) is 87.7 Å². The van der Waals surface area contributed by atoms with Crippen LogP contribution in [-0.4, -0.2) is 75.7 Å². The molecular formula is C19H23N3O4S2. The van der Waals surface area contributed by atoms with E-state index in [0.29, 0.717) is 26.2 Å². The Bertz CT molecular complexity index is 1020. The van der Waals surface area contributed by atoms with Gasteiger partial charge in [0.25, 0.3) is 0 Å². The van der Waals surface area contributed by atoms with Crippen molar-refractivity contribution >= 4 is 25.5 Å². The Hall–Kier alpha value is -1.97. The van der Waals surface area contributed by atoms with Gasteiger partial charge < -0.3 is 4.90 Å². The largest absolute Gasteiger partial charge is 0.354 e. The Kier molecular flexibility index (Phi) is 5.15. The Labute approximate surface area is 165 Å². The molecule has 0 aliphatic carbocycles. The molecule has 9 heteroatoms. The molecule has 2 aliphatic rings. The number of hydrogen-bond acceptors (Lipinski definition) is 7. The van der Waals surface area contributed by atoms with Gasteiger partial charge in [-0.05, 0) is 24.3 Å². The predicted octanol–water partition coefficient (Wildman–Crippen LogP) is 0.843. The Morgan fingerprint density at radius 3 is 2.21 bits per heavy atom. The molecule has 2 saturated heterocycles. The van der Waals surface area contributed by atoms with E-state index in [-0.39, 0.29) is 16.4 Å². The smallest absolute Gasteiger partial charge is 0.183 e. The summed E-state index contributed by atoms with van der Waals surface area (Å²) in [6.07, 6.45) is 1.74. The van der Waals surface area contributed by atoms with E-state index in [1.807, 2.05) is 23.1 Å². The number of anilines is 1. The van der Waals surface area contributed by atoms with E-state index in [1.165, 1.54) is 12.1 Å². The first-order chi connectivity index (χ1) is 13.4. The van der Waals surface area contributed by atoms with Crippen LogP contribution in [0, 0.1) is 0 Å². The molecule has 2 fully saturated rings. The fourth-order valence-electron chi connectivity index (χ4n) is 4.04. The Morgan fingerprint density at radius 2 is 1.57 bits per heavy atom. The average molecular weight is 422 g/mol. The number of rotatable bonds is 4. The summed E-state index contributed by atoms with van der Waals surface area (Å²) in [4.78, 5) is 8.71. The van der Waals surface area contributed by atoms with E-state index >= 15 is 0 Å². The van der Waals surface area contributed by atoms with Crippen LogP contribution in [0.25, 0.3) is 0 Å². The van der Waals surface area contributed by atoms with Gasteiger partial charge in [0.15, 0.2) is 19.7 Å². The highest BCUT2D eigenvalue weighted by molar-refractivity contribution is 7.96. The van der Waals surface area contributed by atoms with E-state index in [9.17, 15) is 16.8 Å². The van der Waals surface area contributed by atoms with E-state index < -0.39 is 31.0 Å². The molecule has 0 saturated carbocycles. The zero-order valence-corrected chi connectivity index (χ0v) is 17.0. The molecule has 3 heterocycles. The molecule has 1 aromatic heterocycles. The summed E-state index contributed by atoms with van der Waals surface area (Å²) in [5.41, 5.74) is 0. The zero-order chi connectivity index (χ0) is 19.8. The molecular weight excluding hydrogens is 398 g/mol. The van der Waals surface area contributed by atoms with Crippen LogP contribution >= 0.6 is 0 Å². The highest BCUT2D eigenvalue weighted by Gasteiger charge is 2.48. The molecule has 0 radical (unpaired) electrons. The van der Waals surface area contributed by atoms with Gasteiger partial charge in [-0.2, -0.15) is 0 Å². The SMILES string of the molecule is O=S1(=O)C[C@@H](N2CCN(c3ccccn3)CC2)[C@H](S(=O)(=O)c2ccccc2)C1. The van der Waals surface area contributed by atoms with Gasteiger partial charge in [-0.3, -0.25) is 4.90 Å². The normalized spacial score (nSPS) is 25.6. The van der Waals surface area contributed by atoms with E-state index in [2.05, 4.69) is 9.88 Å². The van der Waals surface area contributed by atoms with Crippen LogP contribution in [0.5, 0.6) is 0 Å². The standard InChI is InChI=1S/C19H23N3O4S2/c23-27(24)14-17(18(15-27)28(25,26)16-6-2-1-3-7-16)21-10-12-22(13-11-21)19-8-4-5-9-20-19/h1-9,17-18H,10-15H2/t17-,18-/m1/s1. The predicted molar refractivity (Wildman–Crippen MR) is 108 cm³/mol. The lowest BCUT2D eigenvalue weighted by Crippen LogP contribution is -2.55. The van der Waals surface area contributed by atoms with Crippen LogP contribution in [-0.2, 0) is 19.7 Å². The highest BCUT2D eigenvalue weighted by atomic mass is 32.2. The summed E-state index contributed by atoms with van der Waals surface area (Å²) in [5, 5.41) is -0.929. The molecule has 28 heavy (non-hydrogen) atoms. The molecule has 2 atom stereocenters. The second kappa shape index (κ2) is 7.46. The number of nitrogens with zero attached hydrogens (tertiary/aromatic N) is 3. The van der Waals surface area contributed by atoms with Gasteiger partial charge in [-0.15, -0.1) is 0 Å². The van der Waals surface area contributed by atoms with Crippen molar-refractivity contribution in [2.45, 2.75) is 16.2 Å². The van der Waals surface area contributed by atoms with Gasteiger partial charge in [0, 0.05) is 38.4 Å². The molecule has 0 N–H and O–H groups in total.